The van der Waals surface area contributed by atoms with Gasteiger partial charge >= 0.3 is 0 Å². The third-order valence-corrected chi connectivity index (χ3v) is 1.64. The fraction of sp³-hybridized carbons (Fsp3) is 0.571. The number of nitrogens with zero attached hydrogens (tertiary/aromatic N) is 2. The highest BCUT2D eigenvalue weighted by Gasteiger charge is 2.06. The minimum Gasteiger partial charge on any atom is -0.304 e. The first-order valence-electron chi connectivity index (χ1n) is 3.54. The van der Waals surface area contributed by atoms with Gasteiger partial charge in [-0.15, -0.1) is 0 Å². The Hall–Kier alpha value is -0.870. The highest BCUT2D eigenvalue weighted by Crippen LogP contribution is 2.12. The van der Waals surface area contributed by atoms with Crippen molar-refractivity contribution in [1.82, 2.24) is 9.78 Å². The zero-order valence-electron chi connectivity index (χ0n) is 6.82. The lowest BCUT2D eigenvalue weighted by atomic mass is 10.1. The Balaban J connectivity index is 2.60. The first kappa shape index (κ1) is 8.23. The van der Waals surface area contributed by atoms with Crippen molar-refractivity contribution in [3.63, 3.8) is 0 Å². The molecule has 0 aliphatic heterocycles. The molecule has 11 heavy (non-hydrogen) atoms. The second-order valence-corrected chi connectivity index (χ2v) is 2.68. The molecule has 1 atom stereocenters. The van der Waals surface area contributed by atoms with Crippen molar-refractivity contribution in [2.75, 3.05) is 6.61 Å². The molecule has 1 unspecified atom stereocenters. The monoisotopic (exact) mass is 155 g/mol. The third kappa shape index (κ3) is 2.03. The molecule has 4 heteroatoms. The number of nitrogens with two attached hydrogens (primary N) is 1. The molecule has 0 radical (unpaired) electrons. The van der Waals surface area contributed by atoms with Crippen LogP contribution in [0.4, 0.5) is 0 Å². The molecule has 0 fully saturated rings. The van der Waals surface area contributed by atoms with E-state index in [1.807, 2.05) is 26.4 Å². The minimum absolute atomic E-state index is 0.314. The van der Waals surface area contributed by atoms with Crippen molar-refractivity contribution in [1.29, 1.82) is 0 Å². The zero-order chi connectivity index (χ0) is 8.27. The van der Waals surface area contributed by atoms with Crippen LogP contribution < -0.4 is 5.90 Å². The number of aryl methyl sites for hydroxylation is 1. The highest BCUT2D eigenvalue weighted by atomic mass is 16.6. The number of aromatic nitrogens is 2. The van der Waals surface area contributed by atoms with Crippen LogP contribution in [0.5, 0.6) is 0 Å². The molecular weight excluding hydrogens is 142 g/mol. The Bertz CT molecular complexity index is 221. The second kappa shape index (κ2) is 3.50. The summed E-state index contributed by atoms with van der Waals surface area (Å²) in [5.41, 5.74) is 1.15. The van der Waals surface area contributed by atoms with E-state index >= 15 is 0 Å². The maximum absolute atomic E-state index is 4.95. The van der Waals surface area contributed by atoms with E-state index in [0.717, 1.165) is 5.56 Å². The molecule has 0 bridgehead atoms. The second-order valence-electron chi connectivity index (χ2n) is 2.68. The summed E-state index contributed by atoms with van der Waals surface area (Å²) in [6.07, 6.45) is 3.79. The number of rotatable bonds is 3. The summed E-state index contributed by atoms with van der Waals surface area (Å²) in [6.45, 7) is 2.58. The molecule has 0 aliphatic rings. The van der Waals surface area contributed by atoms with Gasteiger partial charge in [-0.05, 0) is 5.56 Å². The van der Waals surface area contributed by atoms with Crippen LogP contribution in [-0.4, -0.2) is 16.4 Å². The van der Waals surface area contributed by atoms with E-state index in [1.165, 1.54) is 0 Å². The number of hydrogen-bond acceptors (Lipinski definition) is 3. The van der Waals surface area contributed by atoms with Crippen LogP contribution in [0.3, 0.4) is 0 Å². The van der Waals surface area contributed by atoms with Gasteiger partial charge in [-0.25, -0.2) is 5.90 Å². The standard InChI is InChI=1S/C7H13N3O/c1-6(5-11-8)7-3-9-10(2)4-7/h3-4,6H,5,8H2,1-2H3. The van der Waals surface area contributed by atoms with E-state index in [0.29, 0.717) is 12.5 Å². The number of hydrogen-bond donors (Lipinski definition) is 1. The van der Waals surface area contributed by atoms with Gasteiger partial charge in [0, 0.05) is 19.2 Å². The Labute approximate surface area is 65.9 Å². The molecule has 1 heterocycles. The lowest BCUT2D eigenvalue weighted by Crippen LogP contribution is -2.07. The molecule has 0 spiro atoms. The van der Waals surface area contributed by atoms with Gasteiger partial charge in [0.1, 0.15) is 0 Å². The average molecular weight is 155 g/mol. The lowest BCUT2D eigenvalue weighted by Gasteiger charge is -2.04. The van der Waals surface area contributed by atoms with Crippen molar-refractivity contribution >= 4 is 0 Å². The molecule has 0 saturated heterocycles. The summed E-state index contributed by atoms with van der Waals surface area (Å²) < 4.78 is 1.77. The van der Waals surface area contributed by atoms with Crippen molar-refractivity contribution in [3.05, 3.63) is 18.0 Å². The summed E-state index contributed by atoms with van der Waals surface area (Å²) in [5, 5.41) is 4.04. The van der Waals surface area contributed by atoms with Gasteiger partial charge in [0.25, 0.3) is 0 Å². The van der Waals surface area contributed by atoms with Gasteiger partial charge in [-0.3, -0.25) is 4.68 Å². The van der Waals surface area contributed by atoms with Crippen LogP contribution in [0.2, 0.25) is 0 Å². The van der Waals surface area contributed by atoms with Gasteiger partial charge in [-0.2, -0.15) is 5.10 Å². The van der Waals surface area contributed by atoms with Crippen LogP contribution in [0.15, 0.2) is 12.4 Å². The summed E-state index contributed by atoms with van der Waals surface area (Å²) in [4.78, 5) is 4.53. The van der Waals surface area contributed by atoms with E-state index < -0.39 is 0 Å². The van der Waals surface area contributed by atoms with Crippen LogP contribution in [0.25, 0.3) is 0 Å². The Kier molecular flexibility index (Phi) is 2.62. The summed E-state index contributed by atoms with van der Waals surface area (Å²) in [5.74, 6) is 5.26. The largest absolute Gasteiger partial charge is 0.304 e. The molecule has 0 aromatic carbocycles. The maximum atomic E-state index is 4.95. The summed E-state index contributed by atoms with van der Waals surface area (Å²) in [6, 6.07) is 0. The highest BCUT2D eigenvalue weighted by molar-refractivity contribution is 5.09. The van der Waals surface area contributed by atoms with Crippen molar-refractivity contribution in [2.45, 2.75) is 12.8 Å². The molecule has 0 aliphatic carbocycles. The van der Waals surface area contributed by atoms with Crippen molar-refractivity contribution in [3.8, 4) is 0 Å². The van der Waals surface area contributed by atoms with Crippen LogP contribution in [0, 0.1) is 0 Å². The molecule has 1 aromatic heterocycles. The fourth-order valence-corrected chi connectivity index (χ4v) is 0.935. The van der Waals surface area contributed by atoms with Gasteiger partial charge in [0.15, 0.2) is 0 Å². The predicted molar refractivity (Wildman–Crippen MR) is 41.8 cm³/mol. The smallest absolute Gasteiger partial charge is 0.0746 e. The van der Waals surface area contributed by atoms with Crippen LogP contribution >= 0.6 is 0 Å². The lowest BCUT2D eigenvalue weighted by molar-refractivity contribution is 0.126. The van der Waals surface area contributed by atoms with E-state index in [9.17, 15) is 0 Å². The van der Waals surface area contributed by atoms with E-state index in [4.69, 9.17) is 5.90 Å². The molecule has 62 valence electrons. The van der Waals surface area contributed by atoms with Crippen molar-refractivity contribution in [2.24, 2.45) is 12.9 Å². The van der Waals surface area contributed by atoms with Gasteiger partial charge in [0.2, 0.25) is 0 Å². The van der Waals surface area contributed by atoms with E-state index in [-0.39, 0.29) is 0 Å². The SMILES string of the molecule is CC(CON)c1cnn(C)c1. The Morgan fingerprint density at radius 3 is 3.00 bits per heavy atom. The van der Waals surface area contributed by atoms with Gasteiger partial charge in [0.05, 0.1) is 12.8 Å². The molecule has 4 nitrogen and oxygen atoms in total. The van der Waals surface area contributed by atoms with Gasteiger partial charge in [-0.1, -0.05) is 6.92 Å². The maximum Gasteiger partial charge on any atom is 0.0746 e. The fourth-order valence-electron chi connectivity index (χ4n) is 0.935. The quantitative estimate of drug-likeness (QED) is 0.643. The molecule has 2 N–H and O–H groups in total. The molecule has 0 amide bonds. The van der Waals surface area contributed by atoms with Crippen LogP contribution in [0.1, 0.15) is 18.4 Å². The Morgan fingerprint density at radius 2 is 2.55 bits per heavy atom. The van der Waals surface area contributed by atoms with E-state index in [2.05, 4.69) is 9.94 Å². The molecule has 1 rings (SSSR count). The third-order valence-electron chi connectivity index (χ3n) is 1.64. The first-order valence-corrected chi connectivity index (χ1v) is 3.54. The average Bonchev–Trinajstić information content (AvgIpc) is 2.36. The molecule has 0 saturated carbocycles. The normalized spacial score (nSPS) is 13.4. The Morgan fingerprint density at radius 1 is 1.82 bits per heavy atom. The van der Waals surface area contributed by atoms with E-state index in [1.54, 1.807) is 4.68 Å². The van der Waals surface area contributed by atoms with Gasteiger partial charge < -0.3 is 4.84 Å². The minimum atomic E-state index is 0.314. The van der Waals surface area contributed by atoms with Crippen LogP contribution in [-0.2, 0) is 11.9 Å². The van der Waals surface area contributed by atoms with Crippen molar-refractivity contribution < 1.29 is 4.84 Å². The topological polar surface area (TPSA) is 53.1 Å². The zero-order valence-corrected chi connectivity index (χ0v) is 6.82. The molecular formula is C7H13N3O. The summed E-state index contributed by atoms with van der Waals surface area (Å²) >= 11 is 0. The summed E-state index contributed by atoms with van der Waals surface area (Å²) in [7, 11) is 1.89. The first-order chi connectivity index (χ1) is 5.24. The molecule has 1 aromatic rings. The predicted octanol–water partition coefficient (Wildman–Crippen LogP) is 0.414.